The molecule has 3 aromatic carbocycles. The standard InChI is InChI=1S/C23H14F2N2O/c1-28-21-13-26-23(27-14-21)19-7-6-16(22(25)12-19)4-2-15-3-5-18-11-20(24)9-8-17(18)10-15/h3,5-14H,1H3. The largest absolute Gasteiger partial charge is 0.494 e. The molecule has 0 aliphatic heterocycles. The fourth-order valence-electron chi connectivity index (χ4n) is 2.76. The van der Waals surface area contributed by atoms with E-state index in [1.54, 1.807) is 30.3 Å². The second-order valence-corrected chi connectivity index (χ2v) is 6.10. The third-order valence-electron chi connectivity index (χ3n) is 4.23. The highest BCUT2D eigenvalue weighted by atomic mass is 19.1. The van der Waals surface area contributed by atoms with Crippen LogP contribution in [-0.2, 0) is 0 Å². The average Bonchev–Trinajstić information content (AvgIpc) is 2.73. The topological polar surface area (TPSA) is 35.0 Å². The minimum absolute atomic E-state index is 0.275. The number of aromatic nitrogens is 2. The molecule has 0 unspecified atom stereocenters. The van der Waals surface area contributed by atoms with E-state index in [-0.39, 0.29) is 11.4 Å². The summed E-state index contributed by atoms with van der Waals surface area (Å²) in [5.74, 6) is 5.99. The molecule has 1 aromatic heterocycles. The molecule has 28 heavy (non-hydrogen) atoms. The lowest BCUT2D eigenvalue weighted by atomic mass is 10.1. The van der Waals surface area contributed by atoms with Crippen molar-refractivity contribution < 1.29 is 13.5 Å². The van der Waals surface area contributed by atoms with Crippen molar-refractivity contribution in [2.75, 3.05) is 7.11 Å². The van der Waals surface area contributed by atoms with Crippen molar-refractivity contribution in [2.24, 2.45) is 0 Å². The number of benzene rings is 3. The molecular formula is C23H14F2N2O. The van der Waals surface area contributed by atoms with Gasteiger partial charge < -0.3 is 4.74 Å². The van der Waals surface area contributed by atoms with E-state index in [1.165, 1.54) is 37.7 Å². The van der Waals surface area contributed by atoms with Gasteiger partial charge in [0, 0.05) is 11.1 Å². The molecule has 4 aromatic rings. The van der Waals surface area contributed by atoms with E-state index < -0.39 is 5.82 Å². The number of hydrogen-bond acceptors (Lipinski definition) is 3. The maximum absolute atomic E-state index is 14.5. The van der Waals surface area contributed by atoms with Gasteiger partial charge in [-0.15, -0.1) is 0 Å². The summed E-state index contributed by atoms with van der Waals surface area (Å²) in [6, 6.07) is 14.7. The first kappa shape index (κ1) is 17.6. The van der Waals surface area contributed by atoms with E-state index in [0.717, 1.165) is 16.3 Å². The van der Waals surface area contributed by atoms with Crippen LogP contribution < -0.4 is 4.74 Å². The molecule has 4 rings (SSSR count). The van der Waals surface area contributed by atoms with Crippen LogP contribution in [0.4, 0.5) is 8.78 Å². The molecule has 0 fully saturated rings. The highest BCUT2D eigenvalue weighted by Gasteiger charge is 2.06. The van der Waals surface area contributed by atoms with Crippen LogP contribution in [0.5, 0.6) is 5.75 Å². The third-order valence-corrected chi connectivity index (χ3v) is 4.23. The Morgan fingerprint density at radius 1 is 0.821 bits per heavy atom. The molecule has 0 saturated heterocycles. The van der Waals surface area contributed by atoms with E-state index in [2.05, 4.69) is 21.8 Å². The predicted octanol–water partition coefficient (Wildman–Crippen LogP) is 4.98. The van der Waals surface area contributed by atoms with E-state index in [9.17, 15) is 8.78 Å². The molecule has 0 amide bonds. The molecule has 3 nitrogen and oxygen atoms in total. The van der Waals surface area contributed by atoms with E-state index in [1.807, 2.05) is 6.07 Å². The maximum Gasteiger partial charge on any atom is 0.159 e. The van der Waals surface area contributed by atoms with Gasteiger partial charge in [0.05, 0.1) is 25.1 Å². The van der Waals surface area contributed by atoms with Crippen molar-refractivity contribution in [1.82, 2.24) is 9.97 Å². The first-order valence-corrected chi connectivity index (χ1v) is 8.50. The molecule has 136 valence electrons. The van der Waals surface area contributed by atoms with E-state index in [0.29, 0.717) is 17.1 Å². The van der Waals surface area contributed by atoms with Crippen LogP contribution in [0.2, 0.25) is 0 Å². The number of nitrogens with zero attached hydrogens (tertiary/aromatic N) is 2. The van der Waals surface area contributed by atoms with Crippen molar-refractivity contribution in [3.8, 4) is 29.0 Å². The van der Waals surface area contributed by atoms with Crippen LogP contribution in [0, 0.1) is 23.5 Å². The molecule has 5 heteroatoms. The van der Waals surface area contributed by atoms with Crippen LogP contribution in [0.3, 0.4) is 0 Å². The third kappa shape index (κ3) is 3.67. The van der Waals surface area contributed by atoms with Crippen molar-refractivity contribution in [3.05, 3.63) is 89.8 Å². The predicted molar refractivity (Wildman–Crippen MR) is 104 cm³/mol. The summed E-state index contributed by atoms with van der Waals surface area (Å²) in [4.78, 5) is 8.31. The van der Waals surface area contributed by atoms with Gasteiger partial charge in [0.25, 0.3) is 0 Å². The zero-order valence-electron chi connectivity index (χ0n) is 14.9. The molecule has 0 bridgehead atoms. The Morgan fingerprint density at radius 3 is 2.32 bits per heavy atom. The summed E-state index contributed by atoms with van der Waals surface area (Å²) in [6.07, 6.45) is 3.05. The second-order valence-electron chi connectivity index (χ2n) is 6.10. The molecule has 0 aliphatic carbocycles. The van der Waals surface area contributed by atoms with Gasteiger partial charge in [-0.2, -0.15) is 0 Å². The summed E-state index contributed by atoms with van der Waals surface area (Å²) in [7, 11) is 1.53. The number of halogens is 2. The summed E-state index contributed by atoms with van der Waals surface area (Å²) >= 11 is 0. The molecule has 0 N–H and O–H groups in total. The van der Waals surface area contributed by atoms with Crippen LogP contribution in [0.1, 0.15) is 11.1 Å². The second kappa shape index (κ2) is 7.45. The molecular weight excluding hydrogens is 358 g/mol. The monoisotopic (exact) mass is 372 g/mol. The van der Waals surface area contributed by atoms with Crippen molar-refractivity contribution in [2.45, 2.75) is 0 Å². The molecule has 0 aliphatic rings. The number of rotatable bonds is 2. The molecule has 0 saturated carbocycles. The zero-order valence-corrected chi connectivity index (χ0v) is 14.9. The van der Waals surface area contributed by atoms with Gasteiger partial charge in [-0.05, 0) is 53.2 Å². The summed E-state index contributed by atoms with van der Waals surface area (Å²) < 4.78 is 32.7. The highest BCUT2D eigenvalue weighted by Crippen LogP contribution is 2.20. The van der Waals surface area contributed by atoms with Crippen molar-refractivity contribution in [1.29, 1.82) is 0 Å². The quantitative estimate of drug-likeness (QED) is 0.465. The van der Waals surface area contributed by atoms with Gasteiger partial charge in [-0.1, -0.05) is 24.0 Å². The van der Waals surface area contributed by atoms with Gasteiger partial charge in [0.1, 0.15) is 11.6 Å². The van der Waals surface area contributed by atoms with E-state index in [4.69, 9.17) is 4.74 Å². The maximum atomic E-state index is 14.5. The Labute approximate surface area is 160 Å². The Morgan fingerprint density at radius 2 is 1.57 bits per heavy atom. The first-order chi connectivity index (χ1) is 13.6. The summed E-state index contributed by atoms with van der Waals surface area (Å²) in [5.41, 5.74) is 1.55. The normalized spacial score (nSPS) is 10.4. The Balaban J connectivity index is 1.61. The smallest absolute Gasteiger partial charge is 0.159 e. The summed E-state index contributed by atoms with van der Waals surface area (Å²) in [5, 5.41) is 1.67. The van der Waals surface area contributed by atoms with Gasteiger partial charge >= 0.3 is 0 Å². The molecule has 0 radical (unpaired) electrons. The fraction of sp³-hybridized carbons (Fsp3) is 0.0435. The fourth-order valence-corrected chi connectivity index (χ4v) is 2.76. The van der Waals surface area contributed by atoms with Gasteiger partial charge in [0.15, 0.2) is 11.6 Å². The van der Waals surface area contributed by atoms with Crippen LogP contribution in [-0.4, -0.2) is 17.1 Å². The first-order valence-electron chi connectivity index (χ1n) is 8.50. The van der Waals surface area contributed by atoms with Crippen LogP contribution in [0.15, 0.2) is 67.0 Å². The Hall–Kier alpha value is -3.78. The molecule has 0 spiro atoms. The lowest BCUT2D eigenvalue weighted by Gasteiger charge is -2.03. The lowest BCUT2D eigenvalue weighted by Crippen LogP contribution is -1.92. The van der Waals surface area contributed by atoms with E-state index >= 15 is 0 Å². The Bertz CT molecular complexity index is 1230. The van der Waals surface area contributed by atoms with Crippen LogP contribution >= 0.6 is 0 Å². The molecule has 1 heterocycles. The highest BCUT2D eigenvalue weighted by molar-refractivity contribution is 5.84. The average molecular weight is 372 g/mol. The number of hydrogen-bond donors (Lipinski definition) is 0. The minimum atomic E-state index is -0.452. The SMILES string of the molecule is COc1cnc(-c2ccc(C#Cc3ccc4cc(F)ccc4c3)c(F)c2)nc1. The van der Waals surface area contributed by atoms with Gasteiger partial charge in [-0.25, -0.2) is 18.7 Å². The summed E-state index contributed by atoms with van der Waals surface area (Å²) in [6.45, 7) is 0. The van der Waals surface area contributed by atoms with Crippen LogP contribution in [0.25, 0.3) is 22.2 Å². The van der Waals surface area contributed by atoms with Crippen molar-refractivity contribution >= 4 is 10.8 Å². The number of ether oxygens (including phenoxy) is 1. The number of fused-ring (bicyclic) bond motifs is 1. The lowest BCUT2D eigenvalue weighted by molar-refractivity contribution is 0.411. The zero-order chi connectivity index (χ0) is 19.5. The van der Waals surface area contributed by atoms with Gasteiger partial charge in [0.2, 0.25) is 0 Å². The minimum Gasteiger partial charge on any atom is -0.494 e. The number of methoxy groups -OCH3 is 1. The van der Waals surface area contributed by atoms with Gasteiger partial charge in [-0.3, -0.25) is 0 Å². The molecule has 0 atom stereocenters. The Kier molecular flexibility index (Phi) is 4.69. The van der Waals surface area contributed by atoms with Crippen molar-refractivity contribution in [3.63, 3.8) is 0 Å².